The van der Waals surface area contributed by atoms with Gasteiger partial charge in [-0.1, -0.05) is 18.5 Å². The second-order valence-corrected chi connectivity index (χ2v) is 7.89. The van der Waals surface area contributed by atoms with Crippen molar-refractivity contribution in [2.24, 2.45) is 0 Å². The lowest BCUT2D eigenvalue weighted by Crippen LogP contribution is -2.13. The van der Waals surface area contributed by atoms with Crippen molar-refractivity contribution in [3.05, 3.63) is 57.0 Å². The molecule has 0 aliphatic rings. The number of thiazole rings is 1. The minimum atomic E-state index is -4.69. The van der Waals surface area contributed by atoms with Gasteiger partial charge in [-0.25, -0.2) is 19.9 Å². The third-order valence-corrected chi connectivity index (χ3v) is 5.57. The van der Waals surface area contributed by atoms with E-state index in [1.807, 2.05) is 0 Å². The molecule has 3 rings (SSSR count). The maximum Gasteiger partial charge on any atom is 0.418 e. The van der Waals surface area contributed by atoms with Crippen LogP contribution in [-0.4, -0.2) is 31.6 Å². The molecule has 3 heterocycles. The van der Waals surface area contributed by atoms with Crippen molar-refractivity contribution in [3.8, 4) is 0 Å². The zero-order valence-corrected chi connectivity index (χ0v) is 17.3. The molecule has 0 aliphatic carbocycles. The highest BCUT2D eigenvalue weighted by Crippen LogP contribution is 2.35. The summed E-state index contributed by atoms with van der Waals surface area (Å²) in [6.45, 7) is 1.75. The van der Waals surface area contributed by atoms with Gasteiger partial charge in [-0.05, 0) is 6.07 Å². The smallest absolute Gasteiger partial charge is 0.384 e. The number of amides is 1. The fourth-order valence-electron chi connectivity index (χ4n) is 2.52. The molecule has 0 radical (unpaired) electrons. The van der Waals surface area contributed by atoms with Crippen molar-refractivity contribution in [1.29, 1.82) is 0 Å². The second-order valence-electron chi connectivity index (χ2n) is 6.42. The quantitative estimate of drug-likeness (QED) is 0.517. The zero-order chi connectivity index (χ0) is 22.8. The van der Waals surface area contributed by atoms with Crippen LogP contribution >= 0.6 is 22.9 Å². The summed E-state index contributed by atoms with van der Waals surface area (Å²) in [4.78, 5) is 40.3. The van der Waals surface area contributed by atoms with E-state index in [4.69, 9.17) is 17.3 Å². The number of Topliss-reactive ketones (excluding diaryl/α,β-unsaturated/α-hetero) is 1. The van der Waals surface area contributed by atoms with Gasteiger partial charge in [0, 0.05) is 24.6 Å². The van der Waals surface area contributed by atoms with Gasteiger partial charge in [0.2, 0.25) is 0 Å². The predicted molar refractivity (Wildman–Crippen MR) is 108 cm³/mol. The summed E-state index contributed by atoms with van der Waals surface area (Å²) < 4.78 is 38.9. The van der Waals surface area contributed by atoms with Crippen LogP contribution in [0, 0.1) is 0 Å². The molecular formula is C18H14ClF3N6O2S. The monoisotopic (exact) mass is 470 g/mol. The molecule has 0 fully saturated rings. The number of pyridine rings is 1. The number of carbonyl (C=O) groups is 2. The fourth-order valence-corrected chi connectivity index (χ4v) is 3.59. The number of rotatable bonds is 6. The van der Waals surface area contributed by atoms with Gasteiger partial charge in [0.05, 0.1) is 21.8 Å². The summed E-state index contributed by atoms with van der Waals surface area (Å²) in [7, 11) is 0. The normalized spacial score (nSPS) is 12.4. The SMILES string of the molecule is C[C@H](CC(=O)c1cc(N)ncn1)c1ncc(C(=O)Nc2cc(C(F)(F)F)c(Cl)cn2)s1. The van der Waals surface area contributed by atoms with Gasteiger partial charge < -0.3 is 11.1 Å². The predicted octanol–water partition coefficient (Wildman–Crippen LogP) is 4.21. The number of nitrogens with two attached hydrogens (primary N) is 1. The van der Waals surface area contributed by atoms with Crippen molar-refractivity contribution in [2.75, 3.05) is 11.1 Å². The Kier molecular flexibility index (Phi) is 6.51. The van der Waals surface area contributed by atoms with Crippen LogP contribution in [0.2, 0.25) is 5.02 Å². The molecule has 162 valence electrons. The number of carbonyl (C=O) groups excluding carboxylic acids is 2. The molecule has 0 saturated heterocycles. The summed E-state index contributed by atoms with van der Waals surface area (Å²) in [5.41, 5.74) is 4.61. The molecule has 3 N–H and O–H groups in total. The van der Waals surface area contributed by atoms with Crippen LogP contribution in [0.15, 0.2) is 30.9 Å². The number of aromatic nitrogens is 4. The number of anilines is 2. The Balaban J connectivity index is 1.69. The van der Waals surface area contributed by atoms with E-state index in [2.05, 4.69) is 25.3 Å². The lowest BCUT2D eigenvalue weighted by molar-refractivity contribution is -0.137. The third-order valence-electron chi connectivity index (χ3n) is 4.04. The van der Waals surface area contributed by atoms with E-state index in [-0.39, 0.29) is 40.3 Å². The fraction of sp³-hybridized carbons (Fsp3) is 0.222. The minimum absolute atomic E-state index is 0.0682. The Morgan fingerprint density at radius 1 is 1.19 bits per heavy atom. The van der Waals surface area contributed by atoms with E-state index in [0.29, 0.717) is 11.1 Å². The lowest BCUT2D eigenvalue weighted by atomic mass is 10.0. The molecule has 0 aliphatic heterocycles. The highest BCUT2D eigenvalue weighted by atomic mass is 35.5. The second kappa shape index (κ2) is 8.94. The highest BCUT2D eigenvalue weighted by molar-refractivity contribution is 7.13. The average Bonchev–Trinajstić information content (AvgIpc) is 3.19. The maximum absolute atomic E-state index is 13.0. The highest BCUT2D eigenvalue weighted by Gasteiger charge is 2.34. The molecule has 1 atom stereocenters. The topological polar surface area (TPSA) is 124 Å². The Labute approximate surface area is 182 Å². The number of hydrogen-bond acceptors (Lipinski definition) is 8. The summed E-state index contributed by atoms with van der Waals surface area (Å²) in [5, 5.41) is 2.21. The number of alkyl halides is 3. The third kappa shape index (κ3) is 5.52. The zero-order valence-electron chi connectivity index (χ0n) is 15.8. The van der Waals surface area contributed by atoms with Gasteiger partial charge in [-0.15, -0.1) is 11.3 Å². The van der Waals surface area contributed by atoms with Crippen LogP contribution in [0.3, 0.4) is 0 Å². The first-order valence-electron chi connectivity index (χ1n) is 8.65. The van der Waals surface area contributed by atoms with Crippen LogP contribution in [-0.2, 0) is 6.18 Å². The number of nitrogens with one attached hydrogen (secondary N) is 1. The van der Waals surface area contributed by atoms with E-state index in [0.717, 1.165) is 17.5 Å². The molecule has 13 heteroatoms. The molecule has 0 saturated carbocycles. The number of nitrogens with zero attached hydrogens (tertiary/aromatic N) is 4. The Morgan fingerprint density at radius 2 is 1.94 bits per heavy atom. The summed E-state index contributed by atoms with van der Waals surface area (Å²) in [6, 6.07) is 2.01. The maximum atomic E-state index is 13.0. The van der Waals surface area contributed by atoms with Crippen molar-refractivity contribution >= 4 is 46.3 Å². The molecular weight excluding hydrogens is 457 g/mol. The van der Waals surface area contributed by atoms with Gasteiger partial charge in [-0.2, -0.15) is 13.2 Å². The molecule has 1 amide bonds. The van der Waals surface area contributed by atoms with Gasteiger partial charge in [0.15, 0.2) is 5.78 Å². The van der Waals surface area contributed by atoms with Gasteiger partial charge in [0.25, 0.3) is 5.91 Å². The molecule has 31 heavy (non-hydrogen) atoms. The molecule has 0 aromatic carbocycles. The summed E-state index contributed by atoms with van der Waals surface area (Å²) >= 11 is 6.53. The van der Waals surface area contributed by atoms with Crippen LogP contribution in [0.25, 0.3) is 0 Å². The average molecular weight is 471 g/mol. The standard InChI is InChI=1S/C18H14ClF3N6O2S/c1-8(2-12(29)11-4-14(23)27-7-26-11)17-25-6-13(31-17)16(30)28-15-3-9(18(20,21)22)10(19)5-24-15/h3-8H,2H2,1H3,(H2,23,26,27)(H,24,28,30)/t8-/m1/s1. The van der Waals surface area contributed by atoms with Crippen molar-refractivity contribution in [1.82, 2.24) is 19.9 Å². The van der Waals surface area contributed by atoms with E-state index in [1.165, 1.54) is 18.6 Å². The van der Waals surface area contributed by atoms with Gasteiger partial charge in [-0.3, -0.25) is 9.59 Å². The van der Waals surface area contributed by atoms with Crippen LogP contribution in [0.5, 0.6) is 0 Å². The van der Waals surface area contributed by atoms with Crippen molar-refractivity contribution in [2.45, 2.75) is 25.4 Å². The van der Waals surface area contributed by atoms with E-state index < -0.39 is 22.7 Å². The van der Waals surface area contributed by atoms with Crippen molar-refractivity contribution in [3.63, 3.8) is 0 Å². The minimum Gasteiger partial charge on any atom is -0.384 e. The van der Waals surface area contributed by atoms with Gasteiger partial charge in [0.1, 0.15) is 28.5 Å². The largest absolute Gasteiger partial charge is 0.418 e. The molecule has 3 aromatic rings. The molecule has 8 nitrogen and oxygen atoms in total. The molecule has 0 bridgehead atoms. The number of ketones is 1. The van der Waals surface area contributed by atoms with Crippen LogP contribution in [0.4, 0.5) is 24.8 Å². The summed E-state index contributed by atoms with van der Waals surface area (Å²) in [6.07, 6.45) is -1.34. The van der Waals surface area contributed by atoms with E-state index >= 15 is 0 Å². The van der Waals surface area contributed by atoms with Gasteiger partial charge >= 0.3 is 6.18 Å². The van der Waals surface area contributed by atoms with E-state index in [9.17, 15) is 22.8 Å². The first-order valence-corrected chi connectivity index (χ1v) is 9.84. The van der Waals surface area contributed by atoms with E-state index in [1.54, 1.807) is 6.92 Å². The van der Waals surface area contributed by atoms with Crippen molar-refractivity contribution < 1.29 is 22.8 Å². The van der Waals surface area contributed by atoms with Crippen LogP contribution < -0.4 is 11.1 Å². The first kappa shape index (κ1) is 22.6. The lowest BCUT2D eigenvalue weighted by Gasteiger charge is -2.10. The van der Waals surface area contributed by atoms with Crippen LogP contribution in [0.1, 0.15) is 50.0 Å². The molecule has 0 unspecified atom stereocenters. The Hall–Kier alpha value is -3.12. The summed E-state index contributed by atoms with van der Waals surface area (Å²) in [5.74, 6) is -1.42. The number of nitrogen functional groups attached to an aromatic ring is 1. The number of hydrogen-bond donors (Lipinski definition) is 2. The Morgan fingerprint density at radius 3 is 2.61 bits per heavy atom. The molecule has 3 aromatic heterocycles. The Bertz CT molecular complexity index is 1140. The first-order chi connectivity index (χ1) is 14.5. The number of halogens is 4. The molecule has 0 spiro atoms.